The van der Waals surface area contributed by atoms with Crippen molar-refractivity contribution in [3.63, 3.8) is 0 Å². The molecule has 1 N–H and O–H groups in total. The molecule has 1 aromatic rings. The van der Waals surface area contributed by atoms with Gasteiger partial charge in [0, 0.05) is 32.8 Å². The third-order valence-corrected chi connectivity index (χ3v) is 4.70. The van der Waals surface area contributed by atoms with Gasteiger partial charge >= 0.3 is 0 Å². The predicted octanol–water partition coefficient (Wildman–Crippen LogP) is 2.34. The highest BCUT2D eigenvalue weighted by Gasteiger charge is 2.24. The Kier molecular flexibility index (Phi) is 5.84. The van der Waals surface area contributed by atoms with Gasteiger partial charge in [-0.05, 0) is 36.8 Å². The van der Waals surface area contributed by atoms with Gasteiger partial charge in [0.15, 0.2) is 0 Å². The summed E-state index contributed by atoms with van der Waals surface area (Å²) in [6.45, 7) is 5.04. The fraction of sp³-hybridized carbons (Fsp3) is 0.667. The molecule has 0 saturated carbocycles. The maximum absolute atomic E-state index is 9.08. The molecule has 4 heteroatoms. The third-order valence-electron chi connectivity index (χ3n) is 4.70. The van der Waals surface area contributed by atoms with Gasteiger partial charge in [0.25, 0.3) is 0 Å². The molecule has 122 valence electrons. The summed E-state index contributed by atoms with van der Waals surface area (Å²) in [5.41, 5.74) is 2.30. The van der Waals surface area contributed by atoms with Crippen LogP contribution in [0.1, 0.15) is 36.8 Å². The normalized spacial score (nSPS) is 22.0. The van der Waals surface area contributed by atoms with Crippen LogP contribution in [0.5, 0.6) is 0 Å². The summed E-state index contributed by atoms with van der Waals surface area (Å²) in [6, 6.07) is 8.26. The van der Waals surface area contributed by atoms with Crippen LogP contribution in [0.15, 0.2) is 24.3 Å². The number of rotatable bonds is 5. The highest BCUT2D eigenvalue weighted by Crippen LogP contribution is 2.21. The van der Waals surface area contributed by atoms with Crippen molar-refractivity contribution in [2.24, 2.45) is 0 Å². The van der Waals surface area contributed by atoms with E-state index in [1.165, 1.54) is 5.56 Å². The first-order valence-corrected chi connectivity index (χ1v) is 8.48. The number of aliphatic hydroxyl groups is 1. The minimum Gasteiger partial charge on any atom is -0.392 e. The average molecular weight is 305 g/mol. The molecule has 0 atom stereocenters. The Labute approximate surface area is 133 Å². The van der Waals surface area contributed by atoms with Gasteiger partial charge in [0.1, 0.15) is 0 Å². The van der Waals surface area contributed by atoms with Crippen molar-refractivity contribution in [3.05, 3.63) is 35.4 Å². The van der Waals surface area contributed by atoms with Crippen LogP contribution in [0.2, 0.25) is 0 Å². The molecule has 2 aliphatic rings. The van der Waals surface area contributed by atoms with Crippen molar-refractivity contribution in [1.82, 2.24) is 4.90 Å². The second kappa shape index (κ2) is 8.06. The minimum atomic E-state index is 0.120. The molecule has 22 heavy (non-hydrogen) atoms. The molecule has 2 fully saturated rings. The SMILES string of the molecule is OCc1ccc(CN2CCC(OC3CCOCC3)CC2)cc1. The molecule has 0 amide bonds. The number of likely N-dealkylation sites (tertiary alicyclic amines) is 1. The van der Waals surface area contributed by atoms with Gasteiger partial charge in [-0.15, -0.1) is 0 Å². The van der Waals surface area contributed by atoms with Crippen molar-refractivity contribution < 1.29 is 14.6 Å². The maximum atomic E-state index is 9.08. The monoisotopic (exact) mass is 305 g/mol. The van der Waals surface area contributed by atoms with Crippen molar-refractivity contribution in [2.45, 2.75) is 51.0 Å². The van der Waals surface area contributed by atoms with Gasteiger partial charge in [-0.1, -0.05) is 24.3 Å². The molecule has 0 unspecified atom stereocenters. The predicted molar refractivity (Wildman–Crippen MR) is 85.6 cm³/mol. The number of ether oxygens (including phenoxy) is 2. The van der Waals surface area contributed by atoms with E-state index in [4.69, 9.17) is 14.6 Å². The first-order chi connectivity index (χ1) is 10.8. The van der Waals surface area contributed by atoms with Crippen LogP contribution < -0.4 is 0 Å². The summed E-state index contributed by atoms with van der Waals surface area (Å²) in [6.07, 6.45) is 5.21. The highest BCUT2D eigenvalue weighted by molar-refractivity contribution is 5.21. The Morgan fingerprint density at radius 3 is 2.18 bits per heavy atom. The molecule has 0 spiro atoms. The lowest BCUT2D eigenvalue weighted by Gasteiger charge is -2.35. The molecule has 0 aliphatic carbocycles. The lowest BCUT2D eigenvalue weighted by molar-refractivity contribution is -0.0851. The Hall–Kier alpha value is -0.940. The number of piperidine rings is 1. The summed E-state index contributed by atoms with van der Waals surface area (Å²) in [5.74, 6) is 0. The number of hydrogen-bond acceptors (Lipinski definition) is 4. The van der Waals surface area contributed by atoms with E-state index < -0.39 is 0 Å². The lowest BCUT2D eigenvalue weighted by Crippen LogP contribution is -2.39. The first-order valence-electron chi connectivity index (χ1n) is 8.48. The maximum Gasteiger partial charge on any atom is 0.0681 e. The average Bonchev–Trinajstić information content (AvgIpc) is 2.58. The van der Waals surface area contributed by atoms with Gasteiger partial charge in [-0.25, -0.2) is 0 Å². The molecular weight excluding hydrogens is 278 g/mol. The van der Waals surface area contributed by atoms with E-state index in [0.29, 0.717) is 12.2 Å². The molecule has 4 nitrogen and oxygen atoms in total. The third kappa shape index (κ3) is 4.53. The van der Waals surface area contributed by atoms with Crippen LogP contribution in [0, 0.1) is 0 Å². The molecular formula is C18H27NO3. The van der Waals surface area contributed by atoms with E-state index in [1.807, 2.05) is 12.1 Å². The Balaban J connectivity index is 1.41. The summed E-state index contributed by atoms with van der Waals surface area (Å²) in [4.78, 5) is 2.50. The van der Waals surface area contributed by atoms with E-state index >= 15 is 0 Å². The van der Waals surface area contributed by atoms with E-state index in [9.17, 15) is 0 Å². The van der Waals surface area contributed by atoms with E-state index in [-0.39, 0.29) is 6.61 Å². The standard InChI is InChI=1S/C18H27NO3/c20-14-16-3-1-15(2-4-16)13-19-9-5-17(6-10-19)22-18-7-11-21-12-8-18/h1-4,17-18,20H,5-14H2. The molecule has 2 aliphatic heterocycles. The number of nitrogens with zero attached hydrogens (tertiary/aromatic N) is 1. The summed E-state index contributed by atoms with van der Waals surface area (Å²) in [7, 11) is 0. The van der Waals surface area contributed by atoms with Crippen LogP contribution in [-0.4, -0.2) is 48.5 Å². The van der Waals surface area contributed by atoms with Crippen LogP contribution in [0.4, 0.5) is 0 Å². The molecule has 0 aromatic heterocycles. The fourth-order valence-corrected chi connectivity index (χ4v) is 3.30. The zero-order valence-corrected chi connectivity index (χ0v) is 13.2. The van der Waals surface area contributed by atoms with Crippen LogP contribution in [0.3, 0.4) is 0 Å². The van der Waals surface area contributed by atoms with Crippen LogP contribution in [0.25, 0.3) is 0 Å². The largest absolute Gasteiger partial charge is 0.392 e. The van der Waals surface area contributed by atoms with Gasteiger partial charge in [-0.2, -0.15) is 0 Å². The van der Waals surface area contributed by atoms with Crippen molar-refractivity contribution in [3.8, 4) is 0 Å². The second-order valence-electron chi connectivity index (χ2n) is 6.40. The molecule has 3 rings (SSSR count). The van der Waals surface area contributed by atoms with Crippen LogP contribution in [-0.2, 0) is 22.6 Å². The summed E-state index contributed by atoms with van der Waals surface area (Å²) < 4.78 is 11.6. The van der Waals surface area contributed by atoms with Crippen molar-refractivity contribution in [1.29, 1.82) is 0 Å². The van der Waals surface area contributed by atoms with Gasteiger partial charge in [0.05, 0.1) is 18.8 Å². The van der Waals surface area contributed by atoms with E-state index in [0.717, 1.165) is 64.1 Å². The number of aliphatic hydroxyl groups excluding tert-OH is 1. The zero-order valence-electron chi connectivity index (χ0n) is 13.2. The Morgan fingerprint density at radius 2 is 1.55 bits per heavy atom. The summed E-state index contributed by atoms with van der Waals surface area (Å²) in [5, 5.41) is 9.08. The number of benzene rings is 1. The lowest BCUT2D eigenvalue weighted by atomic mass is 10.0. The molecule has 1 aromatic carbocycles. The van der Waals surface area contributed by atoms with Crippen LogP contribution >= 0.6 is 0 Å². The molecule has 2 saturated heterocycles. The van der Waals surface area contributed by atoms with Gasteiger partial charge in [-0.3, -0.25) is 4.90 Å². The van der Waals surface area contributed by atoms with Crippen molar-refractivity contribution >= 4 is 0 Å². The molecule has 0 radical (unpaired) electrons. The Bertz CT molecular complexity index is 434. The van der Waals surface area contributed by atoms with Gasteiger partial charge in [0.2, 0.25) is 0 Å². The second-order valence-corrected chi connectivity index (χ2v) is 6.40. The number of hydrogen-bond donors (Lipinski definition) is 1. The van der Waals surface area contributed by atoms with Crippen molar-refractivity contribution in [2.75, 3.05) is 26.3 Å². The quantitative estimate of drug-likeness (QED) is 0.906. The highest BCUT2D eigenvalue weighted by atomic mass is 16.5. The zero-order chi connectivity index (χ0) is 15.2. The Morgan fingerprint density at radius 1 is 0.955 bits per heavy atom. The van der Waals surface area contributed by atoms with E-state index in [1.54, 1.807) is 0 Å². The first kappa shape index (κ1) is 15.9. The molecule has 0 bridgehead atoms. The topological polar surface area (TPSA) is 41.9 Å². The fourth-order valence-electron chi connectivity index (χ4n) is 3.30. The molecule has 2 heterocycles. The minimum absolute atomic E-state index is 0.120. The van der Waals surface area contributed by atoms with E-state index in [2.05, 4.69) is 17.0 Å². The van der Waals surface area contributed by atoms with Gasteiger partial charge < -0.3 is 14.6 Å². The smallest absolute Gasteiger partial charge is 0.0681 e. The summed E-state index contributed by atoms with van der Waals surface area (Å²) >= 11 is 0.